The van der Waals surface area contributed by atoms with Gasteiger partial charge in [-0.15, -0.1) is 10.2 Å². The largest absolute Gasteiger partial charge is 0.477 e. The molecule has 80 valence electrons. The highest BCUT2D eigenvalue weighted by Gasteiger charge is 2.18. The summed E-state index contributed by atoms with van der Waals surface area (Å²) >= 11 is 5.46. The zero-order chi connectivity index (χ0) is 10.8. The molecular weight excluding hydrogens is 222 g/mol. The second kappa shape index (κ2) is 3.90. The van der Waals surface area contributed by atoms with E-state index in [4.69, 9.17) is 25.6 Å². The lowest BCUT2D eigenvalue weighted by atomic mass is 10.3. The lowest BCUT2D eigenvalue weighted by molar-refractivity contribution is 0.352. The van der Waals surface area contributed by atoms with Gasteiger partial charge in [-0.25, -0.2) is 0 Å². The number of fused-ring (bicyclic) bond motifs is 1. The van der Waals surface area contributed by atoms with Gasteiger partial charge in [0.1, 0.15) is 5.39 Å². The first kappa shape index (κ1) is 9.97. The number of halogens is 1. The molecule has 0 aliphatic rings. The second-order valence-electron chi connectivity index (χ2n) is 2.74. The Bertz CT molecular complexity index is 485. The summed E-state index contributed by atoms with van der Waals surface area (Å²) in [6.07, 6.45) is 0. The van der Waals surface area contributed by atoms with Crippen LogP contribution in [0.4, 0.5) is 0 Å². The fraction of sp³-hybridized carbons (Fsp3) is 0.375. The van der Waals surface area contributed by atoms with Crippen molar-refractivity contribution in [3.8, 4) is 11.8 Å². The number of ether oxygens (including phenoxy) is 2. The fourth-order valence-corrected chi connectivity index (χ4v) is 1.34. The molecule has 0 saturated carbocycles. The number of alkyl halides is 1. The summed E-state index contributed by atoms with van der Waals surface area (Å²) < 4.78 is 15.1. The number of methoxy groups -OCH3 is 1. The van der Waals surface area contributed by atoms with Crippen LogP contribution in [-0.4, -0.2) is 28.5 Å². The maximum Gasteiger partial charge on any atom is 0.280 e. The van der Waals surface area contributed by atoms with Gasteiger partial charge in [0.25, 0.3) is 5.88 Å². The normalized spacial score (nSPS) is 10.6. The van der Waals surface area contributed by atoms with E-state index in [-0.39, 0.29) is 11.9 Å². The Morgan fingerprint density at radius 2 is 2.07 bits per heavy atom. The van der Waals surface area contributed by atoms with Gasteiger partial charge in [-0.05, 0) is 6.92 Å². The summed E-state index contributed by atoms with van der Waals surface area (Å²) in [5.74, 6) is 0.562. The van der Waals surface area contributed by atoms with E-state index in [0.717, 1.165) is 0 Å². The average molecular weight is 230 g/mol. The standard InChI is InChI=1S/C8H8ClN3O3/c1-4-5-6(15-12-4)8(13-2)11-10-7(5)14-3-9/h3H2,1-2H3. The van der Waals surface area contributed by atoms with Crippen LogP contribution in [0.5, 0.6) is 11.8 Å². The van der Waals surface area contributed by atoms with E-state index in [1.165, 1.54) is 7.11 Å². The lowest BCUT2D eigenvalue weighted by Gasteiger charge is -2.02. The van der Waals surface area contributed by atoms with Crippen LogP contribution in [0.1, 0.15) is 5.69 Å². The third-order valence-electron chi connectivity index (χ3n) is 1.89. The summed E-state index contributed by atoms with van der Waals surface area (Å²) in [4.78, 5) is 0. The predicted octanol–water partition coefficient (Wildman–Crippen LogP) is 1.51. The van der Waals surface area contributed by atoms with Crippen LogP contribution in [0.2, 0.25) is 0 Å². The molecule has 0 N–H and O–H groups in total. The van der Waals surface area contributed by atoms with Crippen molar-refractivity contribution in [2.45, 2.75) is 6.92 Å². The summed E-state index contributed by atoms with van der Waals surface area (Å²) in [7, 11) is 1.48. The van der Waals surface area contributed by atoms with Gasteiger partial charge < -0.3 is 14.0 Å². The third-order valence-corrected chi connectivity index (χ3v) is 2.00. The molecule has 2 aromatic rings. The second-order valence-corrected chi connectivity index (χ2v) is 2.96. The van der Waals surface area contributed by atoms with Crippen molar-refractivity contribution in [1.82, 2.24) is 15.4 Å². The highest BCUT2D eigenvalue weighted by Crippen LogP contribution is 2.31. The maximum absolute atomic E-state index is 5.46. The molecule has 0 saturated heterocycles. The van der Waals surface area contributed by atoms with Gasteiger partial charge in [0.15, 0.2) is 6.07 Å². The van der Waals surface area contributed by atoms with Crippen molar-refractivity contribution in [2.24, 2.45) is 0 Å². The van der Waals surface area contributed by atoms with Crippen LogP contribution in [0.15, 0.2) is 4.52 Å². The molecule has 2 heterocycles. The van der Waals surface area contributed by atoms with Gasteiger partial charge in [-0.1, -0.05) is 16.8 Å². The van der Waals surface area contributed by atoms with Gasteiger partial charge in [-0.3, -0.25) is 0 Å². The van der Waals surface area contributed by atoms with E-state index < -0.39 is 0 Å². The summed E-state index contributed by atoms with van der Waals surface area (Å²) in [6.45, 7) is 1.77. The molecule has 0 aliphatic heterocycles. The van der Waals surface area contributed by atoms with Crippen molar-refractivity contribution in [1.29, 1.82) is 0 Å². The minimum atomic E-state index is -0.0132. The number of hydrogen-bond donors (Lipinski definition) is 0. The number of hydrogen-bond acceptors (Lipinski definition) is 6. The number of aryl methyl sites for hydroxylation is 1. The minimum Gasteiger partial charge on any atom is -0.477 e. The molecule has 0 unspecified atom stereocenters. The molecule has 15 heavy (non-hydrogen) atoms. The van der Waals surface area contributed by atoms with Crippen molar-refractivity contribution >= 4 is 22.6 Å². The Morgan fingerprint density at radius 1 is 1.33 bits per heavy atom. The summed E-state index contributed by atoms with van der Waals surface area (Å²) in [5, 5.41) is 12.0. The van der Waals surface area contributed by atoms with Gasteiger partial charge >= 0.3 is 0 Å². The molecule has 0 spiro atoms. The topological polar surface area (TPSA) is 70.3 Å². The number of nitrogens with zero attached hydrogens (tertiary/aromatic N) is 3. The third kappa shape index (κ3) is 1.56. The van der Waals surface area contributed by atoms with E-state index in [1.54, 1.807) is 6.92 Å². The lowest BCUT2D eigenvalue weighted by Crippen LogP contribution is -1.98. The molecule has 0 fully saturated rings. The molecule has 7 heteroatoms. The van der Waals surface area contributed by atoms with Crippen LogP contribution >= 0.6 is 11.6 Å². The first-order valence-corrected chi connectivity index (χ1v) is 4.66. The molecule has 0 aromatic carbocycles. The first-order valence-electron chi connectivity index (χ1n) is 4.13. The van der Waals surface area contributed by atoms with E-state index in [2.05, 4.69) is 15.4 Å². The van der Waals surface area contributed by atoms with Gasteiger partial charge in [0.05, 0.1) is 12.8 Å². The maximum atomic E-state index is 5.46. The van der Waals surface area contributed by atoms with Crippen LogP contribution in [0.25, 0.3) is 11.0 Å². The quantitative estimate of drug-likeness (QED) is 0.743. The number of rotatable bonds is 3. The van der Waals surface area contributed by atoms with E-state index in [9.17, 15) is 0 Å². The summed E-state index contributed by atoms with van der Waals surface area (Å²) in [5.41, 5.74) is 1.06. The molecule has 6 nitrogen and oxygen atoms in total. The first-order chi connectivity index (χ1) is 7.27. The van der Waals surface area contributed by atoms with Crippen molar-refractivity contribution in [2.75, 3.05) is 13.2 Å². The van der Waals surface area contributed by atoms with Crippen LogP contribution in [0.3, 0.4) is 0 Å². The van der Waals surface area contributed by atoms with Crippen LogP contribution in [0, 0.1) is 6.92 Å². The van der Waals surface area contributed by atoms with E-state index in [0.29, 0.717) is 22.5 Å². The Hall–Kier alpha value is -1.56. The van der Waals surface area contributed by atoms with Crippen LogP contribution in [-0.2, 0) is 0 Å². The van der Waals surface area contributed by atoms with Crippen molar-refractivity contribution in [3.63, 3.8) is 0 Å². The molecule has 0 radical (unpaired) electrons. The Labute approximate surface area is 90.1 Å². The molecule has 0 atom stereocenters. The zero-order valence-electron chi connectivity index (χ0n) is 8.15. The predicted molar refractivity (Wildman–Crippen MR) is 52.2 cm³/mol. The van der Waals surface area contributed by atoms with E-state index >= 15 is 0 Å². The fourth-order valence-electron chi connectivity index (χ4n) is 1.24. The molecular formula is C8H8ClN3O3. The molecule has 0 aliphatic carbocycles. The Balaban J connectivity index is 2.68. The number of aromatic nitrogens is 3. The average Bonchev–Trinajstić information content (AvgIpc) is 2.62. The van der Waals surface area contributed by atoms with Crippen molar-refractivity contribution < 1.29 is 14.0 Å². The molecule has 0 amide bonds. The minimum absolute atomic E-state index is 0.0132. The zero-order valence-corrected chi connectivity index (χ0v) is 8.91. The SMILES string of the molecule is COc1nnc(OCCl)c2c(C)noc12. The highest BCUT2D eigenvalue weighted by atomic mass is 35.5. The summed E-state index contributed by atoms with van der Waals surface area (Å²) in [6, 6.07) is -0.0132. The molecule has 2 aromatic heterocycles. The smallest absolute Gasteiger partial charge is 0.280 e. The molecule has 2 rings (SSSR count). The molecule has 0 bridgehead atoms. The monoisotopic (exact) mass is 229 g/mol. The van der Waals surface area contributed by atoms with Gasteiger partial charge in [0, 0.05) is 0 Å². The Kier molecular flexibility index (Phi) is 2.59. The van der Waals surface area contributed by atoms with E-state index in [1.807, 2.05) is 0 Å². The van der Waals surface area contributed by atoms with Crippen LogP contribution < -0.4 is 9.47 Å². The van der Waals surface area contributed by atoms with Gasteiger partial charge in [-0.2, -0.15) is 0 Å². The highest BCUT2D eigenvalue weighted by molar-refractivity contribution is 6.17. The van der Waals surface area contributed by atoms with Crippen molar-refractivity contribution in [3.05, 3.63) is 5.69 Å². The Morgan fingerprint density at radius 3 is 2.73 bits per heavy atom. The van der Waals surface area contributed by atoms with Gasteiger partial charge in [0.2, 0.25) is 11.5 Å².